The highest BCUT2D eigenvalue weighted by Gasteiger charge is 2.21. The second-order valence-electron chi connectivity index (χ2n) is 18.4. The minimum atomic E-state index is -0.194. The largest absolute Gasteiger partial charge is 0.393 e. The van der Waals surface area contributed by atoms with Crippen LogP contribution in [-0.2, 0) is 14.2 Å². The third-order valence-electron chi connectivity index (χ3n) is 11.0. The Labute approximate surface area is 320 Å². The van der Waals surface area contributed by atoms with Crippen molar-refractivity contribution in [2.75, 3.05) is 13.2 Å². The maximum absolute atomic E-state index is 9.75. The first-order valence-electron chi connectivity index (χ1n) is 22.4. The maximum atomic E-state index is 9.75. The second kappa shape index (κ2) is 32.1. The summed E-state index contributed by atoms with van der Waals surface area (Å²) >= 11 is 0. The molecule has 5 nitrogen and oxygen atoms in total. The first kappa shape index (κ1) is 50.8. The SMILES string of the molecule is CCCCCOC(CCCC(C)CC(C)CC(C)CC(C)CC(C)O)OC(CCCC(C)CC(C)CC(C)CC(C)CC(C)O)OCCCCC. The molecule has 0 saturated carbocycles. The molecule has 2 N–H and O–H groups in total. The molecule has 0 rings (SSSR count). The molecule has 0 bridgehead atoms. The number of unbranched alkanes of at least 4 members (excludes halogenated alkanes) is 4. The second-order valence-corrected chi connectivity index (χ2v) is 18.4. The zero-order valence-corrected chi connectivity index (χ0v) is 36.6. The molecule has 0 aromatic rings. The highest BCUT2D eigenvalue weighted by atomic mass is 16.8. The Morgan fingerprint density at radius 3 is 0.941 bits per heavy atom. The lowest BCUT2D eigenvalue weighted by Crippen LogP contribution is -2.28. The van der Waals surface area contributed by atoms with E-state index in [9.17, 15) is 10.2 Å². The van der Waals surface area contributed by atoms with Gasteiger partial charge in [-0.05, 0) is 151 Å². The van der Waals surface area contributed by atoms with Crippen LogP contribution in [0.3, 0.4) is 0 Å². The zero-order valence-electron chi connectivity index (χ0n) is 36.6. The molecule has 0 fully saturated rings. The normalized spacial score (nSPS) is 19.4. The summed E-state index contributed by atoms with van der Waals surface area (Å²) in [6, 6.07) is 0. The van der Waals surface area contributed by atoms with E-state index in [4.69, 9.17) is 14.2 Å². The van der Waals surface area contributed by atoms with Crippen LogP contribution in [-0.4, -0.2) is 48.2 Å². The number of hydrogen-bond acceptors (Lipinski definition) is 5. The summed E-state index contributed by atoms with van der Waals surface area (Å²) in [5.41, 5.74) is 0. The van der Waals surface area contributed by atoms with Gasteiger partial charge in [-0.25, -0.2) is 0 Å². The van der Waals surface area contributed by atoms with Gasteiger partial charge in [-0.15, -0.1) is 0 Å². The lowest BCUT2D eigenvalue weighted by Gasteiger charge is -2.27. The molecule has 0 aliphatic rings. The average molecular weight is 727 g/mol. The molecule has 0 spiro atoms. The number of aliphatic hydroxyl groups is 2. The van der Waals surface area contributed by atoms with Crippen molar-refractivity contribution in [2.45, 2.75) is 236 Å². The van der Waals surface area contributed by atoms with E-state index < -0.39 is 0 Å². The molecule has 0 aromatic carbocycles. The number of ether oxygens (including phenoxy) is 3. The first-order chi connectivity index (χ1) is 24.1. The quantitative estimate of drug-likeness (QED) is 0.0497. The van der Waals surface area contributed by atoms with Crippen molar-refractivity contribution < 1.29 is 24.4 Å². The molecule has 0 aliphatic heterocycles. The van der Waals surface area contributed by atoms with E-state index in [1.165, 1.54) is 77.0 Å². The zero-order chi connectivity index (χ0) is 38.6. The van der Waals surface area contributed by atoms with Gasteiger partial charge in [0.2, 0.25) is 0 Å². The number of aliphatic hydroxyl groups excluding tert-OH is 2. The summed E-state index contributed by atoms with van der Waals surface area (Å²) in [5.74, 6) is 5.44. The van der Waals surface area contributed by atoms with Gasteiger partial charge in [0.15, 0.2) is 12.6 Å². The third kappa shape index (κ3) is 31.8. The number of rotatable bonds is 36. The Morgan fingerprint density at radius 1 is 0.353 bits per heavy atom. The molecule has 0 radical (unpaired) electrons. The molecule has 0 aliphatic carbocycles. The van der Waals surface area contributed by atoms with Crippen molar-refractivity contribution in [2.24, 2.45) is 47.3 Å². The van der Waals surface area contributed by atoms with Crippen LogP contribution in [0.15, 0.2) is 0 Å². The summed E-state index contributed by atoms with van der Waals surface area (Å²) in [7, 11) is 0. The Hall–Kier alpha value is -0.200. The molecular weight excluding hydrogens is 633 g/mol. The van der Waals surface area contributed by atoms with Crippen molar-refractivity contribution >= 4 is 0 Å². The van der Waals surface area contributed by atoms with Gasteiger partial charge < -0.3 is 24.4 Å². The highest BCUT2D eigenvalue weighted by molar-refractivity contribution is 4.70. The fraction of sp³-hybridized carbons (Fsp3) is 1.00. The van der Waals surface area contributed by atoms with Crippen LogP contribution in [0.2, 0.25) is 0 Å². The van der Waals surface area contributed by atoms with Crippen LogP contribution in [0.5, 0.6) is 0 Å². The van der Waals surface area contributed by atoms with Gasteiger partial charge >= 0.3 is 0 Å². The Morgan fingerprint density at radius 2 is 0.647 bits per heavy atom. The summed E-state index contributed by atoms with van der Waals surface area (Å²) < 4.78 is 19.5. The van der Waals surface area contributed by atoms with Gasteiger partial charge in [-0.2, -0.15) is 0 Å². The fourth-order valence-electron chi connectivity index (χ4n) is 9.05. The Bertz CT molecular complexity index is 683. The lowest BCUT2D eigenvalue weighted by atomic mass is 9.83. The van der Waals surface area contributed by atoms with Gasteiger partial charge in [-0.1, -0.05) is 108 Å². The van der Waals surface area contributed by atoms with Crippen molar-refractivity contribution in [1.82, 2.24) is 0 Å². The van der Waals surface area contributed by atoms with Crippen LogP contribution < -0.4 is 0 Å². The van der Waals surface area contributed by atoms with Gasteiger partial charge in [0.1, 0.15) is 0 Å². The minimum Gasteiger partial charge on any atom is -0.393 e. The molecule has 51 heavy (non-hydrogen) atoms. The van der Waals surface area contributed by atoms with Gasteiger partial charge in [0.05, 0.1) is 12.2 Å². The molecule has 0 heterocycles. The van der Waals surface area contributed by atoms with Crippen LogP contribution in [0.25, 0.3) is 0 Å². The summed E-state index contributed by atoms with van der Waals surface area (Å²) in [4.78, 5) is 0. The van der Waals surface area contributed by atoms with E-state index in [0.29, 0.717) is 35.5 Å². The van der Waals surface area contributed by atoms with Crippen molar-refractivity contribution in [3.05, 3.63) is 0 Å². The van der Waals surface area contributed by atoms with Gasteiger partial charge in [0.25, 0.3) is 0 Å². The van der Waals surface area contributed by atoms with Crippen LogP contribution in [0, 0.1) is 47.3 Å². The molecule has 12 atom stereocenters. The molecule has 0 amide bonds. The highest BCUT2D eigenvalue weighted by Crippen LogP contribution is 2.29. The van der Waals surface area contributed by atoms with E-state index >= 15 is 0 Å². The van der Waals surface area contributed by atoms with E-state index in [1.54, 1.807) is 0 Å². The van der Waals surface area contributed by atoms with Crippen LogP contribution in [0.1, 0.15) is 212 Å². The Balaban J connectivity index is 5.00. The summed E-state index contributed by atoms with van der Waals surface area (Å²) in [6.45, 7) is 28.9. The predicted octanol–water partition coefficient (Wildman–Crippen LogP) is 13.4. The summed E-state index contributed by atoms with van der Waals surface area (Å²) in [5, 5.41) is 19.5. The van der Waals surface area contributed by atoms with E-state index in [-0.39, 0.29) is 24.8 Å². The monoisotopic (exact) mass is 727 g/mol. The average Bonchev–Trinajstić information content (AvgIpc) is 2.99. The van der Waals surface area contributed by atoms with Gasteiger partial charge in [0, 0.05) is 13.2 Å². The predicted molar refractivity (Wildman–Crippen MR) is 221 cm³/mol. The molecule has 5 heteroatoms. The van der Waals surface area contributed by atoms with Crippen molar-refractivity contribution in [3.63, 3.8) is 0 Å². The van der Waals surface area contributed by atoms with Crippen molar-refractivity contribution in [1.29, 1.82) is 0 Å². The van der Waals surface area contributed by atoms with Crippen LogP contribution >= 0.6 is 0 Å². The smallest absolute Gasteiger partial charge is 0.160 e. The molecule has 12 unspecified atom stereocenters. The minimum absolute atomic E-state index is 0.187. The third-order valence-corrected chi connectivity index (χ3v) is 11.0. The van der Waals surface area contributed by atoms with E-state index in [0.717, 1.165) is 76.4 Å². The Kier molecular flexibility index (Phi) is 32.0. The van der Waals surface area contributed by atoms with E-state index in [2.05, 4.69) is 69.2 Å². The standard InChI is InChI=1S/C46H94O5/c1-13-15-17-25-49-45(23-19-21-35(3)27-37(5)29-39(7)31-41(9)33-43(11)47)51-46(50-26-18-16-14-2)24-20-22-36(4)28-38(6)30-40(8)32-42(10)34-44(12)48/h35-48H,13-34H2,1-12H3. The topological polar surface area (TPSA) is 68.2 Å². The van der Waals surface area contributed by atoms with Gasteiger partial charge in [-0.3, -0.25) is 0 Å². The molecular formula is C46H94O5. The molecule has 0 aromatic heterocycles. The fourth-order valence-corrected chi connectivity index (χ4v) is 9.05. The first-order valence-corrected chi connectivity index (χ1v) is 22.4. The molecule has 308 valence electrons. The molecule has 0 saturated heterocycles. The maximum Gasteiger partial charge on any atom is 0.160 e. The lowest BCUT2D eigenvalue weighted by molar-refractivity contribution is -0.250. The van der Waals surface area contributed by atoms with Crippen LogP contribution in [0.4, 0.5) is 0 Å². The van der Waals surface area contributed by atoms with Crippen molar-refractivity contribution in [3.8, 4) is 0 Å². The number of hydrogen-bond donors (Lipinski definition) is 2. The van der Waals surface area contributed by atoms with E-state index in [1.807, 2.05) is 13.8 Å². The summed E-state index contributed by atoms with van der Waals surface area (Å²) in [6.07, 6.45) is 22.1.